The summed E-state index contributed by atoms with van der Waals surface area (Å²) in [7, 11) is 0. The van der Waals surface area contributed by atoms with Crippen molar-refractivity contribution in [1.29, 1.82) is 0 Å². The lowest BCUT2D eigenvalue weighted by Gasteiger charge is -2.20. The first-order valence-electron chi connectivity index (χ1n) is 11.8. The summed E-state index contributed by atoms with van der Waals surface area (Å²) in [6, 6.07) is 8.69. The first-order valence-corrected chi connectivity index (χ1v) is 11.8. The van der Waals surface area contributed by atoms with Gasteiger partial charge in [-0.15, -0.1) is 0 Å². The number of aliphatic hydroxyl groups is 1. The van der Waals surface area contributed by atoms with Gasteiger partial charge >= 0.3 is 0 Å². The van der Waals surface area contributed by atoms with Crippen LogP contribution in [0.15, 0.2) is 66.8 Å². The van der Waals surface area contributed by atoms with Gasteiger partial charge in [-0.05, 0) is 64.7 Å². The van der Waals surface area contributed by atoms with Crippen molar-refractivity contribution in [2.45, 2.75) is 75.2 Å². The average Bonchev–Trinajstić information content (AvgIpc) is 2.71. The molecule has 2 heteroatoms. The standard InChI is InChI=1S/C15H21N.C6H10.C5H12O.C3H8/c1-4-7-8-9-14-10-12-15(13-11-14)16(5-2)6-3;1-4-5-6(2)3;1-5(2)3-4-6;1-3-2/h4,7-13H,5-6H2,1-3H3;4-5H,2H2,1,3H3;5-6H,3-4H2,1-2H3;3H2,1-2H3/b7-4+,9-8+;5-4-;;. The van der Waals surface area contributed by atoms with Crippen LogP contribution in [-0.2, 0) is 0 Å². The number of rotatable bonds is 8. The summed E-state index contributed by atoms with van der Waals surface area (Å²) in [6.07, 6.45) is 14.4. The molecule has 2 nitrogen and oxygen atoms in total. The van der Waals surface area contributed by atoms with Gasteiger partial charge in [0.15, 0.2) is 0 Å². The molecule has 0 spiro atoms. The van der Waals surface area contributed by atoms with E-state index < -0.39 is 0 Å². The highest BCUT2D eigenvalue weighted by Gasteiger charge is 1.99. The van der Waals surface area contributed by atoms with Crippen LogP contribution in [0.2, 0.25) is 0 Å². The van der Waals surface area contributed by atoms with Crippen molar-refractivity contribution < 1.29 is 5.11 Å². The summed E-state index contributed by atoms with van der Waals surface area (Å²) in [5, 5.41) is 8.24. The van der Waals surface area contributed by atoms with Crippen molar-refractivity contribution in [2.24, 2.45) is 5.92 Å². The van der Waals surface area contributed by atoms with Crippen LogP contribution in [0, 0.1) is 5.92 Å². The van der Waals surface area contributed by atoms with Crippen LogP contribution in [-0.4, -0.2) is 24.8 Å². The van der Waals surface area contributed by atoms with Crippen LogP contribution in [0.4, 0.5) is 5.69 Å². The third-order valence-electron chi connectivity index (χ3n) is 3.77. The van der Waals surface area contributed by atoms with E-state index in [-0.39, 0.29) is 0 Å². The van der Waals surface area contributed by atoms with E-state index in [9.17, 15) is 0 Å². The zero-order valence-corrected chi connectivity index (χ0v) is 22.0. The predicted octanol–water partition coefficient (Wildman–Crippen LogP) is 8.70. The van der Waals surface area contributed by atoms with Crippen LogP contribution in [0.25, 0.3) is 6.08 Å². The van der Waals surface area contributed by atoms with Gasteiger partial charge in [0.1, 0.15) is 0 Å². The Morgan fingerprint density at radius 2 is 1.48 bits per heavy atom. The Bertz CT molecular complexity index is 575. The van der Waals surface area contributed by atoms with Gasteiger partial charge in [-0.3, -0.25) is 0 Å². The molecule has 1 aromatic carbocycles. The van der Waals surface area contributed by atoms with Crippen molar-refractivity contribution in [3.63, 3.8) is 0 Å². The van der Waals surface area contributed by atoms with E-state index in [1.807, 2.05) is 45.1 Å². The number of allylic oxidation sites excluding steroid dienone is 6. The molecule has 1 rings (SSSR count). The summed E-state index contributed by atoms with van der Waals surface area (Å²) >= 11 is 0. The van der Waals surface area contributed by atoms with Crippen LogP contribution in [0.5, 0.6) is 0 Å². The van der Waals surface area contributed by atoms with E-state index in [1.165, 1.54) is 17.7 Å². The van der Waals surface area contributed by atoms with E-state index in [2.05, 4.69) is 89.4 Å². The number of hydrogen-bond donors (Lipinski definition) is 1. The van der Waals surface area contributed by atoms with Gasteiger partial charge in [0.2, 0.25) is 0 Å². The molecule has 0 fully saturated rings. The van der Waals surface area contributed by atoms with Gasteiger partial charge in [-0.1, -0.05) is 94.9 Å². The Balaban J connectivity index is -0.000000431. The number of aliphatic hydroxyl groups excluding tert-OH is 1. The maximum atomic E-state index is 8.24. The fraction of sp³-hybridized carbons (Fsp3) is 0.517. The molecule has 0 aliphatic rings. The van der Waals surface area contributed by atoms with Crippen LogP contribution in [0.3, 0.4) is 0 Å². The number of nitrogens with zero attached hydrogens (tertiary/aromatic N) is 1. The molecule has 178 valence electrons. The van der Waals surface area contributed by atoms with Crippen molar-refractivity contribution in [1.82, 2.24) is 0 Å². The smallest absolute Gasteiger partial charge is 0.0433 e. The van der Waals surface area contributed by atoms with E-state index in [0.29, 0.717) is 12.5 Å². The second kappa shape index (κ2) is 26.0. The van der Waals surface area contributed by atoms with Gasteiger partial charge in [0.25, 0.3) is 0 Å². The Morgan fingerprint density at radius 1 is 0.968 bits per heavy atom. The zero-order chi connectivity index (χ0) is 24.5. The number of anilines is 1. The lowest BCUT2D eigenvalue weighted by molar-refractivity contribution is 0.268. The molecular formula is C29H51NO. The fourth-order valence-electron chi connectivity index (χ4n) is 2.21. The summed E-state index contributed by atoms with van der Waals surface area (Å²) < 4.78 is 0. The normalized spacial score (nSPS) is 10.3. The quantitative estimate of drug-likeness (QED) is 0.418. The van der Waals surface area contributed by atoms with E-state index in [0.717, 1.165) is 25.1 Å². The highest BCUT2D eigenvalue weighted by Crippen LogP contribution is 2.15. The summed E-state index contributed by atoms with van der Waals surface area (Å²) in [5.74, 6) is 0.648. The van der Waals surface area contributed by atoms with Gasteiger partial charge in [-0.25, -0.2) is 0 Å². The molecule has 0 saturated heterocycles. The largest absolute Gasteiger partial charge is 0.396 e. The molecule has 31 heavy (non-hydrogen) atoms. The van der Waals surface area contributed by atoms with Gasteiger partial charge in [-0.2, -0.15) is 0 Å². The average molecular weight is 430 g/mol. The molecule has 0 saturated carbocycles. The van der Waals surface area contributed by atoms with E-state index >= 15 is 0 Å². The van der Waals surface area contributed by atoms with Crippen LogP contribution in [0.1, 0.15) is 80.7 Å². The molecule has 1 aromatic rings. The fourth-order valence-corrected chi connectivity index (χ4v) is 2.21. The minimum atomic E-state index is 0.331. The first kappa shape index (κ1) is 33.6. The van der Waals surface area contributed by atoms with E-state index in [4.69, 9.17) is 5.11 Å². The second-order valence-corrected chi connectivity index (χ2v) is 7.61. The van der Waals surface area contributed by atoms with Crippen LogP contribution < -0.4 is 4.90 Å². The Morgan fingerprint density at radius 3 is 1.74 bits per heavy atom. The minimum absolute atomic E-state index is 0.331. The Labute approximate surface area is 195 Å². The first-order chi connectivity index (χ1) is 14.8. The topological polar surface area (TPSA) is 23.5 Å². The Kier molecular flexibility index (Phi) is 28.1. The SMILES string of the molecule is C/C=C/C=C/c1ccc(N(CC)CC)cc1.C=C(C)/C=C\C.CC(C)CCO.CCC. The van der Waals surface area contributed by atoms with Crippen molar-refractivity contribution >= 4 is 11.8 Å². The molecule has 0 amide bonds. The lowest BCUT2D eigenvalue weighted by atomic mass is 10.2. The van der Waals surface area contributed by atoms with Crippen molar-refractivity contribution in [3.8, 4) is 0 Å². The maximum Gasteiger partial charge on any atom is 0.0433 e. The van der Waals surface area contributed by atoms with E-state index in [1.54, 1.807) is 0 Å². The Hall–Kier alpha value is -2.06. The molecule has 1 N–H and O–H groups in total. The molecule has 0 aliphatic carbocycles. The van der Waals surface area contributed by atoms with Crippen molar-refractivity contribution in [2.75, 3.05) is 24.6 Å². The third kappa shape index (κ3) is 25.9. The molecular weight excluding hydrogens is 378 g/mol. The van der Waals surface area contributed by atoms with Crippen molar-refractivity contribution in [3.05, 3.63) is 72.4 Å². The van der Waals surface area contributed by atoms with Crippen LogP contribution >= 0.6 is 0 Å². The number of benzene rings is 1. The van der Waals surface area contributed by atoms with Gasteiger partial charge < -0.3 is 10.0 Å². The molecule has 0 radical (unpaired) electrons. The maximum absolute atomic E-state index is 8.24. The highest BCUT2D eigenvalue weighted by atomic mass is 16.3. The summed E-state index contributed by atoms with van der Waals surface area (Å²) in [5.41, 5.74) is 3.65. The predicted molar refractivity (Wildman–Crippen MR) is 146 cm³/mol. The zero-order valence-electron chi connectivity index (χ0n) is 22.0. The molecule has 0 bridgehead atoms. The monoisotopic (exact) mass is 429 g/mol. The number of hydrogen-bond acceptors (Lipinski definition) is 2. The highest BCUT2D eigenvalue weighted by molar-refractivity contribution is 5.56. The lowest BCUT2D eigenvalue weighted by Crippen LogP contribution is -2.21. The summed E-state index contributed by atoms with van der Waals surface area (Å²) in [6.45, 7) is 24.9. The van der Waals surface area contributed by atoms with Gasteiger partial charge in [0.05, 0.1) is 0 Å². The molecule has 0 unspecified atom stereocenters. The molecule has 0 heterocycles. The molecule has 0 aliphatic heterocycles. The minimum Gasteiger partial charge on any atom is -0.396 e. The van der Waals surface area contributed by atoms with Gasteiger partial charge in [0, 0.05) is 25.4 Å². The second-order valence-electron chi connectivity index (χ2n) is 7.61. The third-order valence-corrected chi connectivity index (χ3v) is 3.77. The summed E-state index contributed by atoms with van der Waals surface area (Å²) in [4.78, 5) is 2.35. The molecule has 0 aromatic heterocycles. The molecule has 0 atom stereocenters.